The summed E-state index contributed by atoms with van der Waals surface area (Å²) in [6.45, 7) is -3.54. The van der Waals surface area contributed by atoms with Gasteiger partial charge in [-0.25, -0.2) is 18.4 Å². The summed E-state index contributed by atoms with van der Waals surface area (Å²) in [5.74, 6) is -0.0697. The topological polar surface area (TPSA) is 116 Å². The summed E-state index contributed by atoms with van der Waals surface area (Å²) in [6, 6.07) is 10.2. The van der Waals surface area contributed by atoms with Crippen LogP contribution in [-0.2, 0) is 38.9 Å². The van der Waals surface area contributed by atoms with Gasteiger partial charge in [0.15, 0.2) is 0 Å². The fourth-order valence-corrected chi connectivity index (χ4v) is 4.34. The van der Waals surface area contributed by atoms with Gasteiger partial charge >= 0.3 is 18.5 Å². The zero-order valence-corrected chi connectivity index (χ0v) is 22.4. The smallest absolute Gasteiger partial charge is 0.384 e. The van der Waals surface area contributed by atoms with E-state index in [4.69, 9.17) is 17.3 Å². The molecule has 42 heavy (non-hydrogen) atoms. The van der Waals surface area contributed by atoms with E-state index in [1.807, 2.05) is 4.72 Å². The Morgan fingerprint density at radius 1 is 0.786 bits per heavy atom. The molecule has 0 fully saturated rings. The molecule has 3 aromatic rings. The lowest BCUT2D eigenvalue weighted by molar-refractivity contribution is -0.177. The van der Waals surface area contributed by atoms with Crippen LogP contribution >= 0.6 is 11.6 Å². The van der Waals surface area contributed by atoms with E-state index in [9.17, 15) is 47.9 Å². The van der Waals surface area contributed by atoms with Crippen molar-refractivity contribution in [1.29, 1.82) is 0 Å². The second-order valence-electron chi connectivity index (χ2n) is 8.03. The first kappa shape index (κ1) is 34.8. The van der Waals surface area contributed by atoms with Crippen LogP contribution in [0.5, 0.6) is 0 Å². The van der Waals surface area contributed by atoms with Crippen molar-refractivity contribution in [3.8, 4) is 0 Å². The predicted molar refractivity (Wildman–Crippen MR) is 132 cm³/mol. The molecular formula is C23H20ClF9N4O4S. The number of nitrogens with zero attached hydrogens (tertiary/aromatic N) is 2. The maximum atomic E-state index is 12.8. The SMILES string of the molecule is Nc1cccc(COCC(F)(F)F)n1.O=S(=O)(Nc1cccc(COCC(F)(F)F)n1)c1cc(C(F)(F)F)ccc1Cl. The van der Waals surface area contributed by atoms with Crippen molar-refractivity contribution >= 4 is 33.3 Å². The molecule has 2 aromatic heterocycles. The van der Waals surface area contributed by atoms with E-state index in [0.29, 0.717) is 17.8 Å². The molecule has 19 heteroatoms. The lowest BCUT2D eigenvalue weighted by atomic mass is 10.2. The molecule has 0 unspecified atom stereocenters. The maximum Gasteiger partial charge on any atom is 0.416 e. The number of halogens is 10. The van der Waals surface area contributed by atoms with Gasteiger partial charge in [0.05, 0.1) is 35.2 Å². The Bertz CT molecular complexity index is 1440. The van der Waals surface area contributed by atoms with Crippen LogP contribution in [0, 0.1) is 0 Å². The zero-order chi connectivity index (χ0) is 31.8. The fraction of sp³-hybridized carbons (Fsp3) is 0.304. The van der Waals surface area contributed by atoms with Gasteiger partial charge in [-0.15, -0.1) is 0 Å². The first-order chi connectivity index (χ1) is 19.2. The number of sulfonamides is 1. The molecule has 3 rings (SSSR count). The molecule has 0 bridgehead atoms. The van der Waals surface area contributed by atoms with Gasteiger partial charge in [-0.05, 0) is 42.5 Å². The molecule has 232 valence electrons. The highest BCUT2D eigenvalue weighted by Crippen LogP contribution is 2.34. The summed E-state index contributed by atoms with van der Waals surface area (Å²) in [4.78, 5) is 6.70. The normalized spacial score (nSPS) is 12.4. The summed E-state index contributed by atoms with van der Waals surface area (Å²) in [7, 11) is -4.55. The highest BCUT2D eigenvalue weighted by atomic mass is 35.5. The Hall–Kier alpha value is -3.35. The van der Waals surface area contributed by atoms with Crippen LogP contribution in [0.15, 0.2) is 59.5 Å². The zero-order valence-electron chi connectivity index (χ0n) is 20.8. The van der Waals surface area contributed by atoms with E-state index >= 15 is 0 Å². The van der Waals surface area contributed by atoms with Gasteiger partial charge in [0.1, 0.15) is 29.7 Å². The number of pyridine rings is 2. The van der Waals surface area contributed by atoms with Crippen LogP contribution in [0.25, 0.3) is 0 Å². The number of hydrogen-bond donors (Lipinski definition) is 2. The molecule has 0 saturated heterocycles. The van der Waals surface area contributed by atoms with Crippen LogP contribution in [0.2, 0.25) is 5.02 Å². The summed E-state index contributed by atoms with van der Waals surface area (Å²) in [5.41, 5.74) is 4.46. The quantitative estimate of drug-likeness (QED) is 0.257. The van der Waals surface area contributed by atoms with Crippen LogP contribution in [0.4, 0.5) is 51.1 Å². The molecule has 0 aliphatic rings. The van der Waals surface area contributed by atoms with E-state index in [-0.39, 0.29) is 23.9 Å². The number of nitrogens with one attached hydrogen (secondary N) is 1. The number of nitrogen functional groups attached to an aromatic ring is 1. The van der Waals surface area contributed by atoms with E-state index < -0.39 is 63.9 Å². The highest BCUT2D eigenvalue weighted by Gasteiger charge is 2.33. The number of rotatable bonds is 9. The van der Waals surface area contributed by atoms with Crippen LogP contribution in [-0.4, -0.2) is 44.0 Å². The molecule has 0 aliphatic heterocycles. The number of hydrogen-bond acceptors (Lipinski definition) is 7. The molecule has 0 saturated carbocycles. The van der Waals surface area contributed by atoms with Crippen molar-refractivity contribution in [1.82, 2.24) is 9.97 Å². The number of anilines is 2. The number of alkyl halides is 9. The summed E-state index contributed by atoms with van der Waals surface area (Å²) in [5, 5.41) is -0.454. The molecule has 1 aromatic carbocycles. The monoisotopic (exact) mass is 654 g/mol. The molecule has 0 amide bonds. The average molecular weight is 655 g/mol. The van der Waals surface area contributed by atoms with Crippen LogP contribution in [0.1, 0.15) is 17.0 Å². The van der Waals surface area contributed by atoms with Gasteiger partial charge in [-0.1, -0.05) is 23.7 Å². The van der Waals surface area contributed by atoms with Gasteiger partial charge in [0, 0.05) is 0 Å². The molecule has 0 radical (unpaired) electrons. The Labute approximate surface area is 237 Å². The van der Waals surface area contributed by atoms with Crippen molar-refractivity contribution in [2.75, 3.05) is 23.7 Å². The number of aromatic nitrogens is 2. The van der Waals surface area contributed by atoms with Crippen molar-refractivity contribution in [3.63, 3.8) is 0 Å². The number of benzene rings is 1. The molecule has 0 spiro atoms. The molecular weight excluding hydrogens is 635 g/mol. The van der Waals surface area contributed by atoms with Gasteiger partial charge in [-0.3, -0.25) is 4.72 Å². The Morgan fingerprint density at radius 3 is 1.81 bits per heavy atom. The van der Waals surface area contributed by atoms with Crippen LogP contribution < -0.4 is 10.5 Å². The first-order valence-corrected chi connectivity index (χ1v) is 13.0. The van der Waals surface area contributed by atoms with Crippen molar-refractivity contribution in [2.45, 2.75) is 36.6 Å². The van der Waals surface area contributed by atoms with E-state index in [2.05, 4.69) is 19.4 Å². The summed E-state index contributed by atoms with van der Waals surface area (Å²) >= 11 is 5.71. The number of nitrogens with two attached hydrogens (primary N) is 1. The molecule has 8 nitrogen and oxygen atoms in total. The third-order valence-electron chi connectivity index (χ3n) is 4.45. The number of ether oxygens (including phenoxy) is 2. The summed E-state index contributed by atoms with van der Waals surface area (Å²) in [6.07, 6.45) is -13.6. The van der Waals surface area contributed by atoms with Crippen LogP contribution in [0.3, 0.4) is 0 Å². The maximum absolute atomic E-state index is 12.8. The minimum absolute atomic E-state index is 0.0282. The molecule has 0 atom stereocenters. The molecule has 3 N–H and O–H groups in total. The predicted octanol–water partition coefficient (Wildman–Crippen LogP) is 6.38. The van der Waals surface area contributed by atoms with Gasteiger partial charge in [0.2, 0.25) is 0 Å². The fourth-order valence-electron chi connectivity index (χ4n) is 2.82. The summed E-state index contributed by atoms with van der Waals surface area (Å²) < 4.78 is 145. The minimum Gasteiger partial charge on any atom is -0.384 e. The van der Waals surface area contributed by atoms with Gasteiger partial charge < -0.3 is 15.2 Å². The largest absolute Gasteiger partial charge is 0.416 e. The Morgan fingerprint density at radius 2 is 1.31 bits per heavy atom. The van der Waals surface area contributed by atoms with E-state index in [0.717, 1.165) is 12.1 Å². The van der Waals surface area contributed by atoms with Crippen molar-refractivity contribution in [2.24, 2.45) is 0 Å². The first-order valence-electron chi connectivity index (χ1n) is 11.1. The van der Waals surface area contributed by atoms with E-state index in [1.54, 1.807) is 18.2 Å². The third kappa shape index (κ3) is 12.7. The average Bonchev–Trinajstić information content (AvgIpc) is 2.82. The molecule has 2 heterocycles. The second-order valence-corrected chi connectivity index (χ2v) is 10.1. The second kappa shape index (κ2) is 14.2. The van der Waals surface area contributed by atoms with Crippen molar-refractivity contribution < 1.29 is 57.4 Å². The molecule has 0 aliphatic carbocycles. The lowest BCUT2D eigenvalue weighted by Gasteiger charge is -2.13. The Kier molecular flexibility index (Phi) is 11.8. The van der Waals surface area contributed by atoms with Crippen molar-refractivity contribution in [3.05, 3.63) is 76.6 Å². The lowest BCUT2D eigenvalue weighted by Crippen LogP contribution is -2.18. The third-order valence-corrected chi connectivity index (χ3v) is 6.29. The standard InChI is InChI=1S/C15H11ClF6N2O3S.C8H9F3N2O/c16-11-5-4-9(15(20,21)22)6-12(11)28(25,26)24-13-3-1-2-10(23-13)7-27-8-14(17,18)19;9-8(10,11)5-14-4-6-2-1-3-7(12)13-6/h1-6H,7-8H2,(H,23,24);1-3H,4-5H2,(H2,12,13). The minimum atomic E-state index is -4.79. The van der Waals surface area contributed by atoms with Gasteiger partial charge in [-0.2, -0.15) is 39.5 Å². The van der Waals surface area contributed by atoms with E-state index in [1.165, 1.54) is 12.1 Å². The highest BCUT2D eigenvalue weighted by molar-refractivity contribution is 7.92. The Balaban J connectivity index is 0.000000369. The van der Waals surface area contributed by atoms with Gasteiger partial charge in [0.25, 0.3) is 10.0 Å².